The largest absolute Gasteiger partial charge is 0.492 e. The molecular formula is C15H20BrNO3. The molecule has 0 fully saturated rings. The van der Waals surface area contributed by atoms with Crippen molar-refractivity contribution in [3.8, 4) is 5.75 Å². The highest BCUT2D eigenvalue weighted by Crippen LogP contribution is 2.35. The van der Waals surface area contributed by atoms with Gasteiger partial charge in [0.05, 0.1) is 5.60 Å². The van der Waals surface area contributed by atoms with Crippen LogP contribution in [0, 0.1) is 5.92 Å². The second-order valence-electron chi connectivity index (χ2n) is 5.78. The zero-order valence-electron chi connectivity index (χ0n) is 11.9. The lowest BCUT2D eigenvalue weighted by molar-refractivity contribution is -0.124. The first kappa shape index (κ1) is 15.3. The zero-order chi connectivity index (χ0) is 14.9. The molecule has 2 unspecified atom stereocenters. The van der Waals surface area contributed by atoms with Crippen molar-refractivity contribution in [1.29, 1.82) is 0 Å². The van der Waals surface area contributed by atoms with E-state index in [1.807, 2.05) is 32.0 Å². The maximum absolute atomic E-state index is 12.3. The Morgan fingerprint density at radius 3 is 2.95 bits per heavy atom. The maximum atomic E-state index is 12.3. The van der Waals surface area contributed by atoms with Crippen LogP contribution in [-0.4, -0.2) is 29.8 Å². The van der Waals surface area contributed by atoms with Crippen molar-refractivity contribution in [3.05, 3.63) is 28.2 Å². The molecule has 2 rings (SSSR count). The molecule has 1 heterocycles. The first-order chi connectivity index (χ1) is 9.31. The van der Waals surface area contributed by atoms with Crippen LogP contribution in [0.15, 0.2) is 22.7 Å². The lowest BCUT2D eigenvalue weighted by Crippen LogP contribution is -2.45. The number of nitrogens with one attached hydrogen (secondary N) is 1. The fraction of sp³-hybridized carbons (Fsp3) is 0.533. The van der Waals surface area contributed by atoms with Crippen LogP contribution < -0.4 is 10.1 Å². The third-order valence-electron chi connectivity index (χ3n) is 3.93. The number of amides is 1. The summed E-state index contributed by atoms with van der Waals surface area (Å²) in [6.07, 6.45) is 0. The van der Waals surface area contributed by atoms with Gasteiger partial charge in [0.25, 0.3) is 0 Å². The molecule has 0 spiro atoms. The van der Waals surface area contributed by atoms with Crippen LogP contribution in [0.25, 0.3) is 0 Å². The summed E-state index contributed by atoms with van der Waals surface area (Å²) >= 11 is 3.40. The number of carbonyl (C=O) groups is 1. The van der Waals surface area contributed by atoms with Crippen LogP contribution in [0.5, 0.6) is 5.75 Å². The summed E-state index contributed by atoms with van der Waals surface area (Å²) in [5.41, 5.74) is -0.0176. The molecule has 1 aromatic rings. The SMILES string of the molecule is CC(C)C(C)(O)CNC(=O)C1COc2ccc(Br)cc21. The van der Waals surface area contributed by atoms with Crippen molar-refractivity contribution in [2.75, 3.05) is 13.2 Å². The third-order valence-corrected chi connectivity index (χ3v) is 4.43. The lowest BCUT2D eigenvalue weighted by atomic mass is 9.92. The number of rotatable bonds is 4. The smallest absolute Gasteiger partial charge is 0.231 e. The standard InChI is InChI=1S/C15H20BrNO3/c1-9(2)15(3,19)8-17-14(18)12-7-20-13-5-4-10(16)6-11(12)13/h4-6,9,12,19H,7-8H2,1-3H3,(H,17,18). The van der Waals surface area contributed by atoms with Gasteiger partial charge in [0.15, 0.2) is 0 Å². The van der Waals surface area contributed by atoms with Crippen molar-refractivity contribution < 1.29 is 14.6 Å². The minimum absolute atomic E-state index is 0.0732. The molecule has 1 aliphatic rings. The average Bonchev–Trinajstić information content (AvgIpc) is 2.78. The van der Waals surface area contributed by atoms with Gasteiger partial charge in [0.2, 0.25) is 5.91 Å². The Morgan fingerprint density at radius 2 is 2.30 bits per heavy atom. The molecule has 0 saturated carbocycles. The van der Waals surface area contributed by atoms with Gasteiger partial charge in [-0.25, -0.2) is 0 Å². The molecule has 20 heavy (non-hydrogen) atoms. The molecule has 2 N–H and O–H groups in total. The van der Waals surface area contributed by atoms with Gasteiger partial charge in [-0.05, 0) is 31.0 Å². The predicted octanol–water partition coefficient (Wildman–Crippen LogP) is 2.45. The molecule has 1 amide bonds. The monoisotopic (exact) mass is 341 g/mol. The van der Waals surface area contributed by atoms with Gasteiger partial charge in [-0.3, -0.25) is 4.79 Å². The number of benzene rings is 1. The third kappa shape index (κ3) is 3.15. The minimum atomic E-state index is -0.908. The fourth-order valence-electron chi connectivity index (χ4n) is 2.00. The summed E-state index contributed by atoms with van der Waals surface area (Å²) in [6, 6.07) is 5.66. The minimum Gasteiger partial charge on any atom is -0.492 e. The Labute approximate surface area is 127 Å². The van der Waals surface area contributed by atoms with Gasteiger partial charge in [0.1, 0.15) is 18.3 Å². The van der Waals surface area contributed by atoms with Gasteiger partial charge >= 0.3 is 0 Å². The number of carbonyl (C=O) groups excluding carboxylic acids is 1. The molecule has 0 aromatic heterocycles. The van der Waals surface area contributed by atoms with E-state index in [2.05, 4.69) is 21.2 Å². The van der Waals surface area contributed by atoms with E-state index in [9.17, 15) is 9.90 Å². The molecule has 1 aliphatic heterocycles. The quantitative estimate of drug-likeness (QED) is 0.884. The summed E-state index contributed by atoms with van der Waals surface area (Å²) in [4.78, 5) is 12.3. The van der Waals surface area contributed by atoms with Crippen molar-refractivity contribution in [2.24, 2.45) is 5.92 Å². The molecule has 110 valence electrons. The van der Waals surface area contributed by atoms with Crippen LogP contribution in [0.3, 0.4) is 0 Å². The van der Waals surface area contributed by atoms with Crippen LogP contribution in [0.2, 0.25) is 0 Å². The number of hydrogen-bond acceptors (Lipinski definition) is 3. The van der Waals surface area contributed by atoms with Crippen molar-refractivity contribution in [3.63, 3.8) is 0 Å². The lowest BCUT2D eigenvalue weighted by Gasteiger charge is -2.28. The maximum Gasteiger partial charge on any atom is 0.231 e. The Kier molecular flexibility index (Phi) is 4.39. The van der Waals surface area contributed by atoms with Gasteiger partial charge in [-0.2, -0.15) is 0 Å². The zero-order valence-corrected chi connectivity index (χ0v) is 13.5. The molecule has 5 heteroatoms. The van der Waals surface area contributed by atoms with Gasteiger partial charge in [0, 0.05) is 16.6 Å². The van der Waals surface area contributed by atoms with Crippen LogP contribution in [0.1, 0.15) is 32.3 Å². The Bertz CT molecular complexity index is 514. The molecule has 0 saturated heterocycles. The molecule has 0 bridgehead atoms. The molecule has 2 atom stereocenters. The number of ether oxygens (including phenoxy) is 1. The summed E-state index contributed by atoms with van der Waals surface area (Å²) in [6.45, 7) is 6.17. The van der Waals surface area contributed by atoms with E-state index < -0.39 is 5.60 Å². The molecule has 4 nitrogen and oxygen atoms in total. The summed E-state index contributed by atoms with van der Waals surface area (Å²) in [5, 5.41) is 13.0. The first-order valence-electron chi connectivity index (χ1n) is 6.73. The molecular weight excluding hydrogens is 322 g/mol. The molecule has 1 aromatic carbocycles. The second kappa shape index (κ2) is 5.74. The van der Waals surface area contributed by atoms with E-state index in [0.717, 1.165) is 15.8 Å². The van der Waals surface area contributed by atoms with Crippen LogP contribution in [0.4, 0.5) is 0 Å². The molecule has 0 radical (unpaired) electrons. The average molecular weight is 342 g/mol. The van der Waals surface area contributed by atoms with E-state index >= 15 is 0 Å². The van der Waals surface area contributed by atoms with Crippen molar-refractivity contribution >= 4 is 21.8 Å². The van der Waals surface area contributed by atoms with Crippen LogP contribution >= 0.6 is 15.9 Å². The summed E-state index contributed by atoms with van der Waals surface area (Å²) < 4.78 is 6.45. The summed E-state index contributed by atoms with van der Waals surface area (Å²) in [7, 11) is 0. The van der Waals surface area contributed by atoms with E-state index in [0.29, 0.717) is 6.61 Å². The van der Waals surface area contributed by atoms with Gasteiger partial charge in [-0.15, -0.1) is 0 Å². The summed E-state index contributed by atoms with van der Waals surface area (Å²) in [5.74, 6) is 0.404. The van der Waals surface area contributed by atoms with Crippen molar-refractivity contribution in [1.82, 2.24) is 5.32 Å². The number of aliphatic hydroxyl groups is 1. The fourth-order valence-corrected chi connectivity index (χ4v) is 2.38. The highest BCUT2D eigenvalue weighted by Gasteiger charge is 2.32. The van der Waals surface area contributed by atoms with E-state index in [1.165, 1.54) is 0 Å². The normalized spacial score (nSPS) is 20.2. The predicted molar refractivity (Wildman–Crippen MR) is 80.8 cm³/mol. The highest BCUT2D eigenvalue weighted by atomic mass is 79.9. The highest BCUT2D eigenvalue weighted by molar-refractivity contribution is 9.10. The van der Waals surface area contributed by atoms with E-state index in [1.54, 1.807) is 6.92 Å². The first-order valence-corrected chi connectivity index (χ1v) is 7.53. The van der Waals surface area contributed by atoms with E-state index in [4.69, 9.17) is 4.74 Å². The van der Waals surface area contributed by atoms with Crippen molar-refractivity contribution in [2.45, 2.75) is 32.3 Å². The Morgan fingerprint density at radius 1 is 1.60 bits per heavy atom. The Balaban J connectivity index is 2.04. The molecule has 0 aliphatic carbocycles. The van der Waals surface area contributed by atoms with E-state index in [-0.39, 0.29) is 24.3 Å². The number of hydrogen-bond donors (Lipinski definition) is 2. The van der Waals surface area contributed by atoms with Crippen LogP contribution in [-0.2, 0) is 4.79 Å². The number of halogens is 1. The number of fused-ring (bicyclic) bond motifs is 1. The topological polar surface area (TPSA) is 58.6 Å². The second-order valence-corrected chi connectivity index (χ2v) is 6.69. The Hall–Kier alpha value is -1.07. The van der Waals surface area contributed by atoms with Gasteiger partial charge in [-0.1, -0.05) is 29.8 Å². The van der Waals surface area contributed by atoms with Gasteiger partial charge < -0.3 is 15.2 Å².